The number of carbonyl (C=O) groups excluding carboxylic acids is 1. The number of aryl methyl sites for hydroxylation is 1. The number of ether oxygens (including phenoxy) is 2. The number of phenolic OH excluding ortho intramolecular Hbond substituents is 1. The minimum atomic E-state index is -0.543. The van der Waals surface area contributed by atoms with Crippen LogP contribution in [0.15, 0.2) is 54.6 Å². The molecule has 204 valence electrons. The van der Waals surface area contributed by atoms with Gasteiger partial charge in [0.05, 0.1) is 13.2 Å². The largest absolute Gasteiger partial charge is 0.508 e. The van der Waals surface area contributed by atoms with Crippen LogP contribution in [0.1, 0.15) is 82.3 Å². The molecule has 1 aliphatic carbocycles. The van der Waals surface area contributed by atoms with Gasteiger partial charge in [-0.1, -0.05) is 56.9 Å². The molecular weight excluding hydrogens is 476 g/mol. The zero-order valence-electron chi connectivity index (χ0n) is 22.9. The van der Waals surface area contributed by atoms with Crippen LogP contribution in [0.2, 0.25) is 0 Å². The van der Waals surface area contributed by atoms with Gasteiger partial charge in [0.15, 0.2) is 11.5 Å². The van der Waals surface area contributed by atoms with Gasteiger partial charge in [0.2, 0.25) is 0 Å². The van der Waals surface area contributed by atoms with Crippen LogP contribution in [-0.2, 0) is 17.8 Å². The molecule has 0 bridgehead atoms. The van der Waals surface area contributed by atoms with Gasteiger partial charge >= 0.3 is 0 Å². The standard InChI is InChI=1S/C33H42O5/c1-3-4-15-33(16-5-6-17-33)22-30(36)21-29(35)12-8-24-9-14-31(37-2)32(19-24)38-23-25-7-10-27-20-28(34)13-11-26(27)18-25/h7,9-11,13-14,18-20,30,34,36H,3-6,8,12,15-17,21-23H2,1-2H3. The van der Waals surface area contributed by atoms with Crippen LogP contribution < -0.4 is 9.47 Å². The fourth-order valence-corrected chi connectivity index (χ4v) is 5.98. The van der Waals surface area contributed by atoms with Crippen LogP contribution in [0.3, 0.4) is 0 Å². The van der Waals surface area contributed by atoms with Gasteiger partial charge in [-0.15, -0.1) is 0 Å². The van der Waals surface area contributed by atoms with E-state index in [1.807, 2.05) is 42.5 Å². The molecule has 3 aromatic rings. The normalized spacial score (nSPS) is 15.4. The molecule has 3 aromatic carbocycles. The maximum atomic E-state index is 12.7. The molecule has 0 amide bonds. The van der Waals surface area contributed by atoms with Crippen LogP contribution in [0.25, 0.3) is 10.8 Å². The highest BCUT2D eigenvalue weighted by molar-refractivity contribution is 5.84. The summed E-state index contributed by atoms with van der Waals surface area (Å²) in [6.07, 6.45) is 9.90. The van der Waals surface area contributed by atoms with E-state index >= 15 is 0 Å². The van der Waals surface area contributed by atoms with Crippen molar-refractivity contribution < 1.29 is 24.5 Å². The average Bonchev–Trinajstić information content (AvgIpc) is 3.37. The molecule has 0 saturated heterocycles. The fourth-order valence-electron chi connectivity index (χ4n) is 5.98. The number of aliphatic hydroxyl groups excluding tert-OH is 1. The van der Waals surface area contributed by atoms with E-state index in [1.165, 1.54) is 44.9 Å². The van der Waals surface area contributed by atoms with Gasteiger partial charge < -0.3 is 19.7 Å². The highest BCUT2D eigenvalue weighted by Crippen LogP contribution is 2.46. The summed E-state index contributed by atoms with van der Waals surface area (Å²) in [6.45, 7) is 2.59. The van der Waals surface area contributed by atoms with Crippen molar-refractivity contribution in [3.8, 4) is 17.2 Å². The highest BCUT2D eigenvalue weighted by atomic mass is 16.5. The lowest BCUT2D eigenvalue weighted by atomic mass is 9.76. The highest BCUT2D eigenvalue weighted by Gasteiger charge is 2.35. The van der Waals surface area contributed by atoms with Crippen molar-refractivity contribution in [3.05, 3.63) is 65.7 Å². The average molecular weight is 519 g/mol. The molecule has 0 aromatic heterocycles. The predicted octanol–water partition coefficient (Wildman–Crippen LogP) is 7.53. The number of aromatic hydroxyl groups is 1. The molecule has 2 N–H and O–H groups in total. The van der Waals surface area contributed by atoms with E-state index < -0.39 is 6.10 Å². The molecule has 38 heavy (non-hydrogen) atoms. The summed E-state index contributed by atoms with van der Waals surface area (Å²) in [7, 11) is 1.62. The third-order valence-corrected chi connectivity index (χ3v) is 8.06. The van der Waals surface area contributed by atoms with Crippen LogP contribution in [0.4, 0.5) is 0 Å². The number of methoxy groups -OCH3 is 1. The number of hydrogen-bond acceptors (Lipinski definition) is 5. The molecule has 1 saturated carbocycles. The van der Waals surface area contributed by atoms with E-state index in [0.29, 0.717) is 30.9 Å². The van der Waals surface area contributed by atoms with Crippen molar-refractivity contribution in [3.63, 3.8) is 0 Å². The first kappa shape index (κ1) is 28.0. The van der Waals surface area contributed by atoms with Crippen LogP contribution in [0.5, 0.6) is 17.2 Å². The Hall–Kier alpha value is -3.05. The molecule has 4 rings (SSSR count). The smallest absolute Gasteiger partial charge is 0.161 e. The summed E-state index contributed by atoms with van der Waals surface area (Å²) in [4.78, 5) is 12.7. The van der Waals surface area contributed by atoms with Gasteiger partial charge in [-0.2, -0.15) is 0 Å². The number of phenols is 1. The Morgan fingerprint density at radius 1 is 0.974 bits per heavy atom. The van der Waals surface area contributed by atoms with E-state index in [1.54, 1.807) is 19.2 Å². The Morgan fingerprint density at radius 3 is 2.47 bits per heavy atom. The fraction of sp³-hybridized carbons (Fsp3) is 0.485. The molecule has 1 aliphatic rings. The van der Waals surface area contributed by atoms with Crippen molar-refractivity contribution in [1.82, 2.24) is 0 Å². The maximum absolute atomic E-state index is 12.7. The third kappa shape index (κ3) is 7.50. The zero-order valence-corrected chi connectivity index (χ0v) is 22.9. The lowest BCUT2D eigenvalue weighted by Crippen LogP contribution is -2.26. The number of benzene rings is 3. The number of unbranched alkanes of at least 4 members (excludes halogenated alkanes) is 1. The molecule has 0 spiro atoms. The van der Waals surface area contributed by atoms with E-state index in [9.17, 15) is 15.0 Å². The summed E-state index contributed by atoms with van der Waals surface area (Å²) < 4.78 is 11.6. The minimum absolute atomic E-state index is 0.113. The molecule has 0 radical (unpaired) electrons. The minimum Gasteiger partial charge on any atom is -0.508 e. The molecule has 5 nitrogen and oxygen atoms in total. The molecule has 1 unspecified atom stereocenters. The van der Waals surface area contributed by atoms with Crippen molar-refractivity contribution in [2.75, 3.05) is 7.11 Å². The predicted molar refractivity (Wildman–Crippen MR) is 152 cm³/mol. The maximum Gasteiger partial charge on any atom is 0.161 e. The molecule has 0 aliphatic heterocycles. The van der Waals surface area contributed by atoms with Crippen LogP contribution >= 0.6 is 0 Å². The first-order valence-corrected chi connectivity index (χ1v) is 14.1. The van der Waals surface area contributed by atoms with Crippen molar-refractivity contribution in [2.45, 2.75) is 90.3 Å². The SMILES string of the molecule is CCCCC1(CC(O)CC(=O)CCc2ccc(OC)c(OCc3ccc4cc(O)ccc4c3)c2)CCCC1. The molecule has 1 fully saturated rings. The Morgan fingerprint density at radius 2 is 1.71 bits per heavy atom. The number of ketones is 1. The van der Waals surface area contributed by atoms with Crippen LogP contribution in [-0.4, -0.2) is 29.2 Å². The van der Waals surface area contributed by atoms with E-state index in [2.05, 4.69) is 6.92 Å². The summed E-state index contributed by atoms with van der Waals surface area (Å²) in [6, 6.07) is 17.1. The Kier molecular flexibility index (Phi) is 9.68. The second-order valence-corrected chi connectivity index (χ2v) is 11.1. The van der Waals surface area contributed by atoms with Gasteiger partial charge in [0.25, 0.3) is 0 Å². The first-order valence-electron chi connectivity index (χ1n) is 14.1. The molecule has 5 heteroatoms. The van der Waals surface area contributed by atoms with Crippen LogP contribution in [0, 0.1) is 5.41 Å². The number of rotatable bonds is 14. The van der Waals surface area contributed by atoms with E-state index in [-0.39, 0.29) is 23.4 Å². The summed E-state index contributed by atoms with van der Waals surface area (Å²) in [5.74, 6) is 1.65. The number of fused-ring (bicyclic) bond motifs is 1. The lowest BCUT2D eigenvalue weighted by molar-refractivity contribution is -0.121. The molecular formula is C33H42O5. The van der Waals surface area contributed by atoms with Crippen molar-refractivity contribution in [1.29, 1.82) is 0 Å². The molecule has 1 atom stereocenters. The Labute approximate surface area is 226 Å². The first-order chi connectivity index (χ1) is 18.4. The topological polar surface area (TPSA) is 76.0 Å². The number of aliphatic hydroxyl groups is 1. The quantitative estimate of drug-likeness (QED) is 0.231. The molecule has 0 heterocycles. The van der Waals surface area contributed by atoms with Crippen molar-refractivity contribution >= 4 is 16.6 Å². The zero-order chi connectivity index (χ0) is 27.0. The lowest BCUT2D eigenvalue weighted by Gasteiger charge is -2.31. The summed E-state index contributed by atoms with van der Waals surface area (Å²) >= 11 is 0. The third-order valence-electron chi connectivity index (χ3n) is 8.06. The monoisotopic (exact) mass is 518 g/mol. The summed E-state index contributed by atoms with van der Waals surface area (Å²) in [5, 5.41) is 22.4. The van der Waals surface area contributed by atoms with E-state index in [4.69, 9.17) is 9.47 Å². The second kappa shape index (κ2) is 13.1. The van der Waals surface area contributed by atoms with E-state index in [0.717, 1.165) is 28.3 Å². The Balaban J connectivity index is 1.31. The summed E-state index contributed by atoms with van der Waals surface area (Å²) in [5.41, 5.74) is 2.26. The van der Waals surface area contributed by atoms with Gasteiger partial charge in [0, 0.05) is 12.8 Å². The van der Waals surface area contributed by atoms with Gasteiger partial charge in [-0.25, -0.2) is 0 Å². The van der Waals surface area contributed by atoms with Gasteiger partial charge in [0.1, 0.15) is 18.1 Å². The second-order valence-electron chi connectivity index (χ2n) is 11.1. The van der Waals surface area contributed by atoms with Crippen molar-refractivity contribution in [2.24, 2.45) is 5.41 Å². The number of Topliss-reactive ketones (excluding diaryl/α,β-unsaturated/α-hetero) is 1. The van der Waals surface area contributed by atoms with Gasteiger partial charge in [-0.05, 0) is 89.8 Å². The number of hydrogen-bond donors (Lipinski definition) is 2. The Bertz CT molecular complexity index is 1210. The number of carbonyl (C=O) groups is 1. The van der Waals surface area contributed by atoms with Gasteiger partial charge in [-0.3, -0.25) is 4.79 Å².